The van der Waals surface area contributed by atoms with E-state index in [0.29, 0.717) is 24.3 Å². The molecule has 3 rings (SSSR count). The quantitative estimate of drug-likeness (QED) is 0.908. The molecule has 1 aliphatic rings. The van der Waals surface area contributed by atoms with E-state index in [1.54, 1.807) is 16.7 Å². The van der Waals surface area contributed by atoms with Gasteiger partial charge in [0.15, 0.2) is 9.84 Å². The minimum absolute atomic E-state index is 0.0499. The van der Waals surface area contributed by atoms with Crippen LogP contribution in [0.25, 0.3) is 5.69 Å². The Morgan fingerprint density at radius 1 is 1.35 bits per heavy atom. The van der Waals surface area contributed by atoms with Crippen molar-refractivity contribution < 1.29 is 17.6 Å². The molecule has 23 heavy (non-hydrogen) atoms. The normalized spacial score (nSPS) is 19.6. The highest BCUT2D eigenvalue weighted by molar-refractivity contribution is 7.91. The first-order valence-electron chi connectivity index (χ1n) is 7.21. The molecule has 1 aromatic carbocycles. The monoisotopic (exact) mass is 337 g/mol. The van der Waals surface area contributed by atoms with Gasteiger partial charge in [0.25, 0.3) is 5.91 Å². The van der Waals surface area contributed by atoms with E-state index in [0.717, 1.165) is 0 Å². The van der Waals surface area contributed by atoms with Gasteiger partial charge in [-0.2, -0.15) is 0 Å². The van der Waals surface area contributed by atoms with Gasteiger partial charge in [0.2, 0.25) is 0 Å². The Morgan fingerprint density at radius 2 is 2.09 bits per heavy atom. The predicted octanol–water partition coefficient (Wildman–Crippen LogP) is 1.18. The zero-order valence-corrected chi connectivity index (χ0v) is 13.1. The zero-order valence-electron chi connectivity index (χ0n) is 12.3. The first-order chi connectivity index (χ1) is 10.9. The molecule has 6 nitrogen and oxygen atoms in total. The van der Waals surface area contributed by atoms with Crippen molar-refractivity contribution in [1.29, 1.82) is 0 Å². The van der Waals surface area contributed by atoms with Crippen molar-refractivity contribution in [2.24, 2.45) is 5.92 Å². The van der Waals surface area contributed by atoms with E-state index < -0.39 is 9.84 Å². The highest BCUT2D eigenvalue weighted by atomic mass is 32.2. The molecule has 0 radical (unpaired) electrons. The molecule has 0 bridgehead atoms. The zero-order chi connectivity index (χ0) is 16.4. The third-order valence-corrected chi connectivity index (χ3v) is 5.69. The summed E-state index contributed by atoms with van der Waals surface area (Å²) in [5.41, 5.74) is 0.940. The van der Waals surface area contributed by atoms with Crippen LogP contribution < -0.4 is 5.32 Å². The number of carbonyl (C=O) groups is 1. The molecule has 1 saturated heterocycles. The number of hydrogen-bond acceptors (Lipinski definition) is 4. The standard InChI is InChI=1S/C15H16FN3O3S/c16-12-1-3-13(4-2-12)19-10-17-8-14(19)15(20)18-7-11-5-6-23(21,22)9-11/h1-4,8,10-11H,5-7,9H2,(H,18,20)/t11-/m1/s1. The molecule has 1 N–H and O–H groups in total. The summed E-state index contributed by atoms with van der Waals surface area (Å²) in [4.78, 5) is 16.2. The van der Waals surface area contributed by atoms with Gasteiger partial charge in [0.05, 0.1) is 24.0 Å². The summed E-state index contributed by atoms with van der Waals surface area (Å²) < 4.78 is 37.4. The molecular weight excluding hydrogens is 321 g/mol. The fourth-order valence-electron chi connectivity index (χ4n) is 2.63. The molecule has 0 unspecified atom stereocenters. The van der Waals surface area contributed by atoms with E-state index in [4.69, 9.17) is 0 Å². The number of nitrogens with one attached hydrogen (secondary N) is 1. The Balaban J connectivity index is 1.69. The van der Waals surface area contributed by atoms with Crippen LogP contribution in [0.3, 0.4) is 0 Å². The summed E-state index contributed by atoms with van der Waals surface area (Å²) in [5.74, 6) is -0.449. The molecule has 8 heteroatoms. The molecule has 1 fully saturated rings. The summed E-state index contributed by atoms with van der Waals surface area (Å²) in [7, 11) is -2.96. The van der Waals surface area contributed by atoms with Crippen LogP contribution >= 0.6 is 0 Å². The number of hydrogen-bond donors (Lipinski definition) is 1. The second-order valence-corrected chi connectivity index (χ2v) is 7.83. The Morgan fingerprint density at radius 3 is 2.74 bits per heavy atom. The Kier molecular flexibility index (Phi) is 4.16. The lowest BCUT2D eigenvalue weighted by atomic mass is 10.1. The molecule has 1 aliphatic heterocycles. The van der Waals surface area contributed by atoms with Crippen molar-refractivity contribution in [2.45, 2.75) is 6.42 Å². The maximum Gasteiger partial charge on any atom is 0.269 e. The van der Waals surface area contributed by atoms with E-state index >= 15 is 0 Å². The van der Waals surface area contributed by atoms with Crippen molar-refractivity contribution >= 4 is 15.7 Å². The maximum atomic E-state index is 13.0. The number of aromatic nitrogens is 2. The predicted molar refractivity (Wildman–Crippen MR) is 82.6 cm³/mol. The van der Waals surface area contributed by atoms with Gasteiger partial charge in [-0.3, -0.25) is 9.36 Å². The fraction of sp³-hybridized carbons (Fsp3) is 0.333. The summed E-state index contributed by atoms with van der Waals surface area (Å²) in [5, 5.41) is 2.75. The number of carbonyl (C=O) groups excluding carboxylic acids is 1. The van der Waals surface area contributed by atoms with Gasteiger partial charge in [0, 0.05) is 12.2 Å². The number of benzene rings is 1. The van der Waals surface area contributed by atoms with E-state index in [1.165, 1.54) is 24.7 Å². The minimum Gasteiger partial charge on any atom is -0.350 e. The van der Waals surface area contributed by atoms with Gasteiger partial charge < -0.3 is 5.32 Å². The van der Waals surface area contributed by atoms with Crippen LogP contribution in [0.2, 0.25) is 0 Å². The molecular formula is C15H16FN3O3S. The SMILES string of the molecule is O=C(NC[C@H]1CCS(=O)(=O)C1)c1cncn1-c1ccc(F)cc1. The van der Waals surface area contributed by atoms with Gasteiger partial charge in [-0.1, -0.05) is 0 Å². The summed E-state index contributed by atoms with van der Waals surface area (Å²) in [6.07, 6.45) is 3.46. The fourth-order valence-corrected chi connectivity index (χ4v) is 4.49. The Hall–Kier alpha value is -2.22. The van der Waals surface area contributed by atoms with Crippen molar-refractivity contribution in [2.75, 3.05) is 18.1 Å². The van der Waals surface area contributed by atoms with E-state index in [2.05, 4.69) is 10.3 Å². The molecule has 1 amide bonds. The molecule has 0 aliphatic carbocycles. The number of imidazole rings is 1. The number of amides is 1. The van der Waals surface area contributed by atoms with Crippen molar-refractivity contribution in [3.05, 3.63) is 48.3 Å². The number of sulfone groups is 1. The van der Waals surface area contributed by atoms with Gasteiger partial charge in [-0.05, 0) is 36.6 Å². The number of rotatable bonds is 4. The average Bonchev–Trinajstić information content (AvgIpc) is 3.12. The number of halogens is 1. The second kappa shape index (κ2) is 6.11. The van der Waals surface area contributed by atoms with Crippen molar-refractivity contribution in [3.63, 3.8) is 0 Å². The Labute approximate surface area is 133 Å². The highest BCUT2D eigenvalue weighted by Gasteiger charge is 2.28. The number of nitrogens with zero attached hydrogens (tertiary/aromatic N) is 2. The lowest BCUT2D eigenvalue weighted by molar-refractivity contribution is 0.0941. The lowest BCUT2D eigenvalue weighted by Gasteiger charge is -2.11. The van der Waals surface area contributed by atoms with Crippen LogP contribution in [0.4, 0.5) is 4.39 Å². The van der Waals surface area contributed by atoms with Crippen LogP contribution in [-0.2, 0) is 9.84 Å². The van der Waals surface area contributed by atoms with Crippen LogP contribution in [-0.4, -0.2) is 41.9 Å². The summed E-state index contributed by atoms with van der Waals surface area (Å²) in [6, 6.07) is 5.72. The van der Waals surface area contributed by atoms with Gasteiger partial charge in [0.1, 0.15) is 11.5 Å². The van der Waals surface area contributed by atoms with Crippen LogP contribution in [0, 0.1) is 11.7 Å². The first-order valence-corrected chi connectivity index (χ1v) is 9.04. The lowest BCUT2D eigenvalue weighted by Crippen LogP contribution is -2.31. The van der Waals surface area contributed by atoms with Gasteiger partial charge in [-0.15, -0.1) is 0 Å². The maximum absolute atomic E-state index is 13.0. The minimum atomic E-state index is -2.96. The Bertz CT molecular complexity index is 815. The van der Waals surface area contributed by atoms with Crippen molar-refractivity contribution in [1.82, 2.24) is 14.9 Å². The van der Waals surface area contributed by atoms with Gasteiger partial charge >= 0.3 is 0 Å². The topological polar surface area (TPSA) is 81.1 Å². The molecule has 1 aromatic heterocycles. The third-order valence-electron chi connectivity index (χ3n) is 3.85. The van der Waals surface area contributed by atoms with Gasteiger partial charge in [-0.25, -0.2) is 17.8 Å². The molecule has 2 heterocycles. The van der Waals surface area contributed by atoms with Crippen LogP contribution in [0.15, 0.2) is 36.8 Å². The smallest absolute Gasteiger partial charge is 0.269 e. The molecule has 2 aromatic rings. The van der Waals surface area contributed by atoms with E-state index in [9.17, 15) is 17.6 Å². The highest BCUT2D eigenvalue weighted by Crippen LogP contribution is 2.18. The van der Waals surface area contributed by atoms with Crippen LogP contribution in [0.5, 0.6) is 0 Å². The van der Waals surface area contributed by atoms with Crippen molar-refractivity contribution in [3.8, 4) is 5.69 Å². The summed E-state index contributed by atoms with van der Waals surface area (Å²) in [6.45, 7) is 0.312. The largest absolute Gasteiger partial charge is 0.350 e. The summed E-state index contributed by atoms with van der Waals surface area (Å²) >= 11 is 0. The molecule has 122 valence electrons. The van der Waals surface area contributed by atoms with E-state index in [-0.39, 0.29) is 29.1 Å². The van der Waals surface area contributed by atoms with E-state index in [1.807, 2.05) is 0 Å². The molecule has 0 spiro atoms. The third kappa shape index (κ3) is 3.58. The second-order valence-electron chi connectivity index (χ2n) is 5.60. The average molecular weight is 337 g/mol. The molecule has 0 saturated carbocycles. The molecule has 1 atom stereocenters. The first kappa shape index (κ1) is 15.7. The van der Waals surface area contributed by atoms with Crippen LogP contribution in [0.1, 0.15) is 16.9 Å².